The van der Waals surface area contributed by atoms with Gasteiger partial charge < -0.3 is 0 Å². The predicted octanol–water partition coefficient (Wildman–Crippen LogP) is 2.26. The molecule has 6 heavy (non-hydrogen) atoms. The summed E-state index contributed by atoms with van der Waals surface area (Å²) in [5.41, 5.74) is 0. The number of halogens is 1. The SMILES string of the molecule is CCB(Cl)CC. The van der Waals surface area contributed by atoms with Gasteiger partial charge >= 0.3 is 0 Å². The molecular weight excluding hydrogens is 94.3 g/mol. The van der Waals surface area contributed by atoms with Gasteiger partial charge in [-0.15, -0.1) is 0 Å². The number of rotatable bonds is 2. The van der Waals surface area contributed by atoms with Crippen LogP contribution in [-0.4, -0.2) is 6.13 Å². The van der Waals surface area contributed by atoms with Gasteiger partial charge in [-0.2, -0.15) is 11.5 Å². The van der Waals surface area contributed by atoms with E-state index in [-0.39, 0.29) is 0 Å². The van der Waals surface area contributed by atoms with Gasteiger partial charge in [0.1, 0.15) is 0 Å². The third kappa shape index (κ3) is 2.58. The molecule has 0 bridgehead atoms. The van der Waals surface area contributed by atoms with Gasteiger partial charge in [0.05, 0.1) is 0 Å². The zero-order valence-electron chi connectivity index (χ0n) is 4.37. The van der Waals surface area contributed by atoms with Crippen molar-refractivity contribution < 1.29 is 0 Å². The standard InChI is InChI=1S/C4H10BCl/c1-3-5(6)4-2/h3-4H2,1-2H3. The highest BCUT2D eigenvalue weighted by Gasteiger charge is 1.99. The van der Waals surface area contributed by atoms with Crippen molar-refractivity contribution in [1.29, 1.82) is 0 Å². The predicted molar refractivity (Wildman–Crippen MR) is 32.6 cm³/mol. The van der Waals surface area contributed by atoms with Crippen molar-refractivity contribution in [2.75, 3.05) is 0 Å². The van der Waals surface area contributed by atoms with Gasteiger partial charge in [-0.1, -0.05) is 26.5 Å². The summed E-state index contributed by atoms with van der Waals surface area (Å²) in [5, 5.41) is 0. The molecule has 2 heteroatoms. The molecule has 0 saturated carbocycles. The first-order valence-electron chi connectivity index (χ1n) is 2.45. The second kappa shape index (κ2) is 3.54. The molecule has 0 aromatic heterocycles. The third-order valence-corrected chi connectivity index (χ3v) is 1.50. The normalized spacial score (nSPS) is 8.50. The average molecular weight is 104 g/mol. The summed E-state index contributed by atoms with van der Waals surface area (Å²) in [6.45, 7) is 4.20. The monoisotopic (exact) mass is 104 g/mol. The minimum Gasteiger partial charge on any atom is -0.196 e. The quantitative estimate of drug-likeness (QED) is 0.471. The van der Waals surface area contributed by atoms with Crippen LogP contribution in [0.15, 0.2) is 0 Å². The lowest BCUT2D eigenvalue weighted by atomic mass is 9.71. The first-order valence-corrected chi connectivity index (χ1v) is 2.89. The molecule has 0 radical (unpaired) electrons. The number of hydrogen-bond donors (Lipinski definition) is 0. The van der Waals surface area contributed by atoms with Crippen LogP contribution in [0.4, 0.5) is 0 Å². The summed E-state index contributed by atoms with van der Waals surface area (Å²) >= 11 is 5.65. The Bertz CT molecular complexity index is 26.7. The van der Waals surface area contributed by atoms with Gasteiger partial charge in [0, 0.05) is 0 Å². The van der Waals surface area contributed by atoms with E-state index in [1.807, 2.05) is 0 Å². The van der Waals surface area contributed by atoms with E-state index in [0.717, 1.165) is 12.6 Å². The van der Waals surface area contributed by atoms with Crippen molar-refractivity contribution in [2.45, 2.75) is 26.5 Å². The summed E-state index contributed by atoms with van der Waals surface area (Å²) in [6.07, 6.45) is 2.60. The van der Waals surface area contributed by atoms with E-state index in [1.165, 1.54) is 0 Å². The molecule has 0 aromatic rings. The molecule has 0 rings (SSSR count). The van der Waals surface area contributed by atoms with E-state index in [9.17, 15) is 0 Å². The summed E-state index contributed by atoms with van der Waals surface area (Å²) < 4.78 is 0. The van der Waals surface area contributed by atoms with Crippen molar-refractivity contribution in [1.82, 2.24) is 0 Å². The van der Waals surface area contributed by atoms with Crippen LogP contribution in [0.1, 0.15) is 13.8 Å². The minimum atomic E-state index is 0.407. The van der Waals surface area contributed by atoms with Gasteiger partial charge in [-0.3, -0.25) is 0 Å². The Kier molecular flexibility index (Phi) is 3.75. The summed E-state index contributed by atoms with van der Waals surface area (Å²) in [5.74, 6) is 0. The Morgan fingerprint density at radius 2 is 1.67 bits per heavy atom. The lowest BCUT2D eigenvalue weighted by Crippen LogP contribution is -1.95. The van der Waals surface area contributed by atoms with Crippen molar-refractivity contribution in [2.24, 2.45) is 0 Å². The highest BCUT2D eigenvalue weighted by Crippen LogP contribution is 2.00. The summed E-state index contributed by atoms with van der Waals surface area (Å²) in [7, 11) is 0. The minimum absolute atomic E-state index is 0.407. The molecule has 36 valence electrons. The van der Waals surface area contributed by atoms with Crippen LogP contribution in [-0.2, 0) is 0 Å². The zero-order valence-corrected chi connectivity index (χ0v) is 5.13. The third-order valence-electron chi connectivity index (χ3n) is 0.886. The van der Waals surface area contributed by atoms with Gasteiger partial charge in [-0.25, -0.2) is 0 Å². The maximum Gasteiger partial charge on any atom is 0.250 e. The van der Waals surface area contributed by atoms with Crippen LogP contribution in [0.3, 0.4) is 0 Å². The Labute approximate surface area is 44.9 Å². The first-order chi connectivity index (χ1) is 2.81. The molecule has 0 atom stereocenters. The molecule has 0 aliphatic carbocycles. The van der Waals surface area contributed by atoms with E-state index in [0.29, 0.717) is 6.13 Å². The van der Waals surface area contributed by atoms with E-state index in [1.54, 1.807) is 0 Å². The highest BCUT2D eigenvalue weighted by molar-refractivity contribution is 7.06. The first kappa shape index (κ1) is 6.35. The van der Waals surface area contributed by atoms with E-state index < -0.39 is 0 Å². The Hall–Kier alpha value is 0.355. The molecule has 0 N–H and O–H groups in total. The van der Waals surface area contributed by atoms with Crippen molar-refractivity contribution >= 4 is 17.6 Å². The van der Waals surface area contributed by atoms with Crippen molar-refractivity contribution in [3.63, 3.8) is 0 Å². The Morgan fingerprint density at radius 3 is 1.67 bits per heavy atom. The zero-order chi connectivity index (χ0) is 4.99. The Balaban J connectivity index is 2.75. The Morgan fingerprint density at radius 1 is 1.33 bits per heavy atom. The smallest absolute Gasteiger partial charge is 0.196 e. The second-order valence-electron chi connectivity index (χ2n) is 1.41. The van der Waals surface area contributed by atoms with E-state index >= 15 is 0 Å². The molecular formula is C4H10BCl. The maximum absolute atomic E-state index is 5.65. The second-order valence-corrected chi connectivity index (χ2v) is 2.03. The summed E-state index contributed by atoms with van der Waals surface area (Å²) in [4.78, 5) is 0. The molecule has 0 spiro atoms. The fourth-order valence-electron chi connectivity index (χ4n) is 0.289. The fraction of sp³-hybridized carbons (Fsp3) is 1.00. The summed E-state index contributed by atoms with van der Waals surface area (Å²) in [6, 6.07) is 0. The molecule has 0 aliphatic rings. The van der Waals surface area contributed by atoms with Crippen LogP contribution < -0.4 is 0 Å². The molecule has 0 fully saturated rings. The fourth-order valence-corrected chi connectivity index (χ4v) is 0.289. The molecule has 0 nitrogen and oxygen atoms in total. The number of hydrogen-bond acceptors (Lipinski definition) is 0. The van der Waals surface area contributed by atoms with Crippen LogP contribution in [0.25, 0.3) is 0 Å². The molecule has 0 aliphatic heterocycles. The van der Waals surface area contributed by atoms with Crippen molar-refractivity contribution in [3.05, 3.63) is 0 Å². The topological polar surface area (TPSA) is 0 Å². The molecule has 0 heterocycles. The molecule has 0 saturated heterocycles. The van der Waals surface area contributed by atoms with Crippen LogP contribution in [0, 0.1) is 0 Å². The average Bonchev–Trinajstić information content (AvgIpc) is 1.65. The van der Waals surface area contributed by atoms with Gasteiger partial charge in [0.15, 0.2) is 0 Å². The highest BCUT2D eigenvalue weighted by atomic mass is 35.5. The maximum atomic E-state index is 5.65. The van der Waals surface area contributed by atoms with Gasteiger partial charge in [-0.05, 0) is 0 Å². The molecule has 0 amide bonds. The largest absolute Gasteiger partial charge is 0.250 e. The van der Waals surface area contributed by atoms with Crippen LogP contribution >= 0.6 is 11.5 Å². The van der Waals surface area contributed by atoms with E-state index in [2.05, 4.69) is 13.8 Å². The van der Waals surface area contributed by atoms with Gasteiger partial charge in [0.2, 0.25) is 6.13 Å². The lowest BCUT2D eigenvalue weighted by Gasteiger charge is -1.89. The van der Waals surface area contributed by atoms with Gasteiger partial charge in [0.25, 0.3) is 0 Å². The molecule has 0 aromatic carbocycles. The molecule has 0 unspecified atom stereocenters. The lowest BCUT2D eigenvalue weighted by molar-refractivity contribution is 1.35. The van der Waals surface area contributed by atoms with Crippen LogP contribution in [0.2, 0.25) is 12.6 Å². The van der Waals surface area contributed by atoms with Crippen LogP contribution in [0.5, 0.6) is 0 Å². The van der Waals surface area contributed by atoms with E-state index in [4.69, 9.17) is 11.5 Å². The van der Waals surface area contributed by atoms with Crippen molar-refractivity contribution in [3.8, 4) is 0 Å².